The largest absolute Gasteiger partial charge is 0.495 e. The van der Waals surface area contributed by atoms with Gasteiger partial charge in [-0.2, -0.15) is 0 Å². The molecule has 0 aliphatic rings. The molecule has 0 unspecified atom stereocenters. The summed E-state index contributed by atoms with van der Waals surface area (Å²) in [5, 5.41) is 13.6. The van der Waals surface area contributed by atoms with Crippen molar-refractivity contribution >= 4 is 17.3 Å². The fourth-order valence-corrected chi connectivity index (χ4v) is 2.76. The number of rotatable bonds is 7. The molecule has 0 bridgehead atoms. The number of non-ortho nitro benzene ring substituents is 1. The number of benzene rings is 3. The van der Waals surface area contributed by atoms with Crippen molar-refractivity contribution < 1.29 is 19.2 Å². The molecule has 0 radical (unpaired) electrons. The Labute approximate surface area is 168 Å². The number of ether oxygens (including phenoxy) is 2. The average Bonchev–Trinajstić information content (AvgIpc) is 2.74. The Hall–Kier alpha value is -3.87. The Morgan fingerprint density at radius 1 is 1.00 bits per heavy atom. The topological polar surface area (TPSA) is 90.7 Å². The lowest BCUT2D eigenvalue weighted by Crippen LogP contribution is -2.30. The Balaban J connectivity index is 1.68. The van der Waals surface area contributed by atoms with Gasteiger partial charge >= 0.3 is 0 Å². The second-order valence-corrected chi connectivity index (χ2v) is 6.28. The zero-order chi connectivity index (χ0) is 20.8. The van der Waals surface area contributed by atoms with Crippen LogP contribution in [0.25, 0.3) is 11.1 Å². The number of hydrogen-bond acceptors (Lipinski definition) is 5. The maximum Gasteiger partial charge on any atom is 0.271 e. The Morgan fingerprint density at radius 2 is 1.66 bits per heavy atom. The van der Waals surface area contributed by atoms with E-state index in [0.717, 1.165) is 11.1 Å². The van der Waals surface area contributed by atoms with Gasteiger partial charge in [0.1, 0.15) is 11.5 Å². The molecule has 0 spiro atoms. The van der Waals surface area contributed by atoms with Gasteiger partial charge in [0.15, 0.2) is 6.10 Å². The Morgan fingerprint density at radius 3 is 2.28 bits per heavy atom. The minimum absolute atomic E-state index is 0.147. The van der Waals surface area contributed by atoms with Gasteiger partial charge in [-0.3, -0.25) is 14.9 Å². The summed E-state index contributed by atoms with van der Waals surface area (Å²) < 4.78 is 10.9. The summed E-state index contributed by atoms with van der Waals surface area (Å²) in [5.41, 5.74) is 2.19. The van der Waals surface area contributed by atoms with E-state index >= 15 is 0 Å². The number of amides is 1. The summed E-state index contributed by atoms with van der Waals surface area (Å²) in [7, 11) is 1.42. The molecule has 3 aromatic carbocycles. The van der Waals surface area contributed by atoms with Gasteiger partial charge in [0.05, 0.1) is 17.7 Å². The summed E-state index contributed by atoms with van der Waals surface area (Å²) >= 11 is 0. The lowest BCUT2D eigenvalue weighted by atomic mass is 10.1. The van der Waals surface area contributed by atoms with E-state index < -0.39 is 16.9 Å². The molecule has 7 nitrogen and oxygen atoms in total. The Kier molecular flexibility index (Phi) is 6.09. The summed E-state index contributed by atoms with van der Waals surface area (Å²) in [4.78, 5) is 22.9. The van der Waals surface area contributed by atoms with Crippen LogP contribution in [-0.2, 0) is 4.79 Å². The van der Waals surface area contributed by atoms with E-state index in [4.69, 9.17) is 9.47 Å². The molecule has 7 heteroatoms. The zero-order valence-electron chi connectivity index (χ0n) is 16.0. The average molecular weight is 392 g/mol. The highest BCUT2D eigenvalue weighted by Gasteiger charge is 2.19. The van der Waals surface area contributed by atoms with Crippen molar-refractivity contribution in [3.63, 3.8) is 0 Å². The first kappa shape index (κ1) is 19.9. The van der Waals surface area contributed by atoms with Gasteiger partial charge in [-0.15, -0.1) is 0 Å². The summed E-state index contributed by atoms with van der Waals surface area (Å²) in [6.07, 6.45) is -0.818. The van der Waals surface area contributed by atoms with E-state index in [9.17, 15) is 14.9 Å². The quantitative estimate of drug-likeness (QED) is 0.466. The summed E-state index contributed by atoms with van der Waals surface area (Å²) in [6, 6.07) is 21.3. The predicted molar refractivity (Wildman–Crippen MR) is 110 cm³/mol. The molecule has 0 saturated carbocycles. The van der Waals surface area contributed by atoms with Gasteiger partial charge < -0.3 is 14.8 Å². The minimum Gasteiger partial charge on any atom is -0.495 e. The SMILES string of the molecule is COc1ccc([N+](=O)[O-])cc1NC(=O)[C@@H](C)Oc1ccc(-c2ccccc2)cc1. The molecular weight excluding hydrogens is 372 g/mol. The van der Waals surface area contributed by atoms with Crippen molar-refractivity contribution in [2.75, 3.05) is 12.4 Å². The monoisotopic (exact) mass is 392 g/mol. The number of nitrogens with one attached hydrogen (secondary N) is 1. The lowest BCUT2D eigenvalue weighted by molar-refractivity contribution is -0.384. The molecule has 3 aromatic rings. The molecule has 0 saturated heterocycles. The van der Waals surface area contributed by atoms with Gasteiger partial charge in [0.25, 0.3) is 11.6 Å². The van der Waals surface area contributed by atoms with Crippen LogP contribution in [0.4, 0.5) is 11.4 Å². The predicted octanol–water partition coefficient (Wildman–Crippen LogP) is 4.68. The number of nitro benzene ring substituents is 1. The number of carbonyl (C=O) groups excluding carboxylic acids is 1. The van der Waals surface area contributed by atoms with E-state index in [1.807, 2.05) is 42.5 Å². The van der Waals surface area contributed by atoms with Gasteiger partial charge in [-0.1, -0.05) is 42.5 Å². The number of carbonyl (C=O) groups is 1. The second kappa shape index (κ2) is 8.88. The first-order chi connectivity index (χ1) is 14.0. The summed E-state index contributed by atoms with van der Waals surface area (Å²) in [6.45, 7) is 1.60. The molecule has 1 N–H and O–H groups in total. The molecule has 148 valence electrons. The van der Waals surface area contributed by atoms with Crippen molar-refractivity contribution in [1.82, 2.24) is 0 Å². The molecular formula is C22H20N2O5. The third-order valence-corrected chi connectivity index (χ3v) is 4.30. The van der Waals surface area contributed by atoms with Gasteiger partial charge in [-0.25, -0.2) is 0 Å². The van der Waals surface area contributed by atoms with Gasteiger partial charge in [-0.05, 0) is 36.2 Å². The maximum atomic E-state index is 12.5. The number of anilines is 1. The van der Waals surface area contributed by atoms with Crippen LogP contribution < -0.4 is 14.8 Å². The third-order valence-electron chi connectivity index (χ3n) is 4.30. The van der Waals surface area contributed by atoms with Crippen molar-refractivity contribution in [3.8, 4) is 22.6 Å². The van der Waals surface area contributed by atoms with Crippen LogP contribution in [0.5, 0.6) is 11.5 Å². The fraction of sp³-hybridized carbons (Fsp3) is 0.136. The highest BCUT2D eigenvalue weighted by atomic mass is 16.6. The Bertz CT molecular complexity index is 1000. The standard InChI is InChI=1S/C22H20N2O5/c1-15(22(25)23-20-14-18(24(26)27)10-13-21(20)28-2)29-19-11-8-17(9-12-19)16-6-4-3-5-7-16/h3-15H,1-2H3,(H,23,25)/t15-/m1/s1. The van der Waals surface area contributed by atoms with Crippen LogP contribution in [0, 0.1) is 10.1 Å². The van der Waals surface area contributed by atoms with E-state index in [1.165, 1.54) is 25.3 Å². The van der Waals surface area contributed by atoms with Crippen LogP contribution >= 0.6 is 0 Å². The number of nitro groups is 1. The highest BCUT2D eigenvalue weighted by Crippen LogP contribution is 2.29. The van der Waals surface area contributed by atoms with Crippen LogP contribution in [0.2, 0.25) is 0 Å². The third kappa shape index (κ3) is 4.90. The first-order valence-electron chi connectivity index (χ1n) is 8.93. The van der Waals surface area contributed by atoms with Crippen LogP contribution in [-0.4, -0.2) is 24.0 Å². The molecule has 1 atom stereocenters. The zero-order valence-corrected chi connectivity index (χ0v) is 16.0. The van der Waals surface area contributed by atoms with Crippen molar-refractivity contribution in [2.24, 2.45) is 0 Å². The number of hydrogen-bond donors (Lipinski definition) is 1. The molecule has 3 rings (SSSR count). The molecule has 29 heavy (non-hydrogen) atoms. The minimum atomic E-state index is -0.818. The molecule has 1 amide bonds. The van der Waals surface area contributed by atoms with Crippen LogP contribution in [0.3, 0.4) is 0 Å². The first-order valence-corrected chi connectivity index (χ1v) is 8.93. The van der Waals surface area contributed by atoms with Crippen LogP contribution in [0.1, 0.15) is 6.92 Å². The van der Waals surface area contributed by atoms with E-state index in [1.54, 1.807) is 19.1 Å². The molecule has 0 aliphatic heterocycles. The fourth-order valence-electron chi connectivity index (χ4n) is 2.76. The van der Waals surface area contributed by atoms with E-state index in [2.05, 4.69) is 5.32 Å². The maximum absolute atomic E-state index is 12.5. The molecule has 0 aromatic heterocycles. The van der Waals surface area contributed by atoms with E-state index in [0.29, 0.717) is 11.5 Å². The number of methoxy groups -OCH3 is 1. The smallest absolute Gasteiger partial charge is 0.271 e. The van der Waals surface area contributed by atoms with Gasteiger partial charge in [0, 0.05) is 12.1 Å². The normalized spacial score (nSPS) is 11.4. The second-order valence-electron chi connectivity index (χ2n) is 6.28. The summed E-state index contributed by atoms with van der Waals surface area (Å²) in [5.74, 6) is 0.414. The molecule has 0 fully saturated rings. The van der Waals surface area contributed by atoms with Gasteiger partial charge in [0.2, 0.25) is 0 Å². The molecule has 0 aliphatic carbocycles. The van der Waals surface area contributed by atoms with E-state index in [-0.39, 0.29) is 11.4 Å². The van der Waals surface area contributed by atoms with Crippen molar-refractivity contribution in [1.29, 1.82) is 0 Å². The highest BCUT2D eigenvalue weighted by molar-refractivity contribution is 5.95. The lowest BCUT2D eigenvalue weighted by Gasteiger charge is -2.16. The van der Waals surface area contributed by atoms with Crippen molar-refractivity contribution in [3.05, 3.63) is 82.9 Å². The molecule has 0 heterocycles. The number of nitrogens with zero attached hydrogens (tertiary/aromatic N) is 1. The van der Waals surface area contributed by atoms with Crippen LogP contribution in [0.15, 0.2) is 72.8 Å². The van der Waals surface area contributed by atoms with Crippen molar-refractivity contribution in [2.45, 2.75) is 13.0 Å².